The van der Waals surface area contributed by atoms with Crippen LogP contribution in [0, 0.1) is 5.82 Å². The third kappa shape index (κ3) is 3.51. The fourth-order valence-electron chi connectivity index (χ4n) is 1.95. The van der Waals surface area contributed by atoms with E-state index in [-0.39, 0.29) is 17.9 Å². The average Bonchev–Trinajstić information content (AvgIpc) is 2.42. The molecule has 18 heavy (non-hydrogen) atoms. The Balaban J connectivity index is 1.81. The van der Waals surface area contributed by atoms with Crippen LogP contribution in [0.25, 0.3) is 0 Å². The number of nitrogen functional groups attached to an aromatic ring is 1. The number of nitrogens with zero attached hydrogens (tertiary/aromatic N) is 2. The standard InChI is InChI=1S/C11H18FN5O/c12-9-7-15-11(17-13)16-10(9)14-5-4-8-3-1-2-6-18-8/h7-8H,1-6,13H2,(H2,14,15,16,17). The van der Waals surface area contributed by atoms with Crippen molar-refractivity contribution in [2.75, 3.05) is 23.9 Å². The topological polar surface area (TPSA) is 85.1 Å². The van der Waals surface area contributed by atoms with Gasteiger partial charge in [0.15, 0.2) is 11.6 Å². The lowest BCUT2D eigenvalue weighted by Gasteiger charge is -2.22. The van der Waals surface area contributed by atoms with E-state index in [9.17, 15) is 4.39 Å². The second-order valence-electron chi connectivity index (χ2n) is 4.24. The fourth-order valence-corrected chi connectivity index (χ4v) is 1.95. The van der Waals surface area contributed by atoms with Crippen molar-refractivity contribution in [2.24, 2.45) is 5.84 Å². The highest BCUT2D eigenvalue weighted by Gasteiger charge is 2.13. The highest BCUT2D eigenvalue weighted by atomic mass is 19.1. The number of aromatic nitrogens is 2. The summed E-state index contributed by atoms with van der Waals surface area (Å²) in [6, 6.07) is 0. The number of anilines is 2. The third-order valence-corrected chi connectivity index (χ3v) is 2.91. The molecule has 0 saturated carbocycles. The minimum absolute atomic E-state index is 0.161. The number of ether oxygens (including phenoxy) is 1. The molecular formula is C11H18FN5O. The predicted molar refractivity (Wildman–Crippen MR) is 66.5 cm³/mol. The zero-order chi connectivity index (χ0) is 12.8. The second-order valence-corrected chi connectivity index (χ2v) is 4.24. The smallest absolute Gasteiger partial charge is 0.239 e. The maximum atomic E-state index is 13.4. The Hall–Kier alpha value is -1.47. The minimum atomic E-state index is -0.487. The van der Waals surface area contributed by atoms with Crippen LogP contribution in [0.15, 0.2) is 6.20 Å². The molecule has 0 spiro atoms. The second kappa shape index (κ2) is 6.46. The van der Waals surface area contributed by atoms with Crippen LogP contribution in [0.2, 0.25) is 0 Å². The fraction of sp³-hybridized carbons (Fsp3) is 0.636. The van der Waals surface area contributed by atoms with Gasteiger partial charge in [0, 0.05) is 13.2 Å². The molecule has 7 heteroatoms. The molecule has 0 aromatic carbocycles. The normalized spacial score (nSPS) is 19.6. The molecule has 6 nitrogen and oxygen atoms in total. The van der Waals surface area contributed by atoms with Gasteiger partial charge in [-0.25, -0.2) is 15.2 Å². The molecule has 1 aromatic rings. The number of hydrogen-bond acceptors (Lipinski definition) is 6. The van der Waals surface area contributed by atoms with Crippen LogP contribution in [0.1, 0.15) is 25.7 Å². The van der Waals surface area contributed by atoms with Crippen LogP contribution in [-0.2, 0) is 4.74 Å². The van der Waals surface area contributed by atoms with E-state index in [1.54, 1.807) is 0 Å². The van der Waals surface area contributed by atoms with Crippen LogP contribution < -0.4 is 16.6 Å². The molecule has 1 aromatic heterocycles. The summed E-state index contributed by atoms with van der Waals surface area (Å²) >= 11 is 0. The molecule has 1 saturated heterocycles. The van der Waals surface area contributed by atoms with Gasteiger partial charge in [0.2, 0.25) is 5.95 Å². The number of halogens is 1. The van der Waals surface area contributed by atoms with Gasteiger partial charge in [0.05, 0.1) is 12.3 Å². The maximum Gasteiger partial charge on any atom is 0.239 e. The summed E-state index contributed by atoms with van der Waals surface area (Å²) in [5.41, 5.74) is 2.28. The van der Waals surface area contributed by atoms with Gasteiger partial charge >= 0.3 is 0 Å². The van der Waals surface area contributed by atoms with E-state index in [0.717, 1.165) is 32.1 Å². The first-order chi connectivity index (χ1) is 8.79. The molecule has 0 aliphatic carbocycles. The zero-order valence-corrected chi connectivity index (χ0v) is 10.2. The van der Waals surface area contributed by atoms with Crippen LogP contribution in [-0.4, -0.2) is 29.2 Å². The lowest BCUT2D eigenvalue weighted by molar-refractivity contribution is 0.0134. The minimum Gasteiger partial charge on any atom is -0.378 e. The van der Waals surface area contributed by atoms with Crippen molar-refractivity contribution in [1.29, 1.82) is 0 Å². The van der Waals surface area contributed by atoms with Gasteiger partial charge in [-0.1, -0.05) is 0 Å². The van der Waals surface area contributed by atoms with E-state index in [1.807, 2.05) is 0 Å². The van der Waals surface area contributed by atoms with Crippen molar-refractivity contribution < 1.29 is 9.13 Å². The largest absolute Gasteiger partial charge is 0.378 e. The summed E-state index contributed by atoms with van der Waals surface area (Å²) in [7, 11) is 0. The summed E-state index contributed by atoms with van der Waals surface area (Å²) in [4.78, 5) is 7.57. The predicted octanol–water partition coefficient (Wildman–Crippen LogP) is 1.27. The van der Waals surface area contributed by atoms with Gasteiger partial charge in [-0.3, -0.25) is 5.43 Å². The van der Waals surface area contributed by atoms with Crippen molar-refractivity contribution in [3.63, 3.8) is 0 Å². The lowest BCUT2D eigenvalue weighted by atomic mass is 10.1. The molecule has 2 rings (SSSR count). The Morgan fingerprint density at radius 1 is 1.50 bits per heavy atom. The van der Waals surface area contributed by atoms with Crippen LogP contribution in [0.3, 0.4) is 0 Å². The van der Waals surface area contributed by atoms with E-state index in [1.165, 1.54) is 6.42 Å². The number of nitrogens with two attached hydrogens (primary N) is 1. The number of nitrogens with one attached hydrogen (secondary N) is 2. The molecule has 1 atom stereocenters. The lowest BCUT2D eigenvalue weighted by Crippen LogP contribution is -2.22. The number of rotatable bonds is 5. The van der Waals surface area contributed by atoms with Crippen molar-refractivity contribution in [3.05, 3.63) is 12.0 Å². The summed E-state index contributed by atoms with van der Waals surface area (Å²) in [5.74, 6) is 5.03. The Labute approximate surface area is 105 Å². The molecular weight excluding hydrogens is 237 g/mol. The Kier molecular flexibility index (Phi) is 4.66. The SMILES string of the molecule is NNc1ncc(F)c(NCCC2CCCCO2)n1. The third-order valence-electron chi connectivity index (χ3n) is 2.91. The molecule has 1 unspecified atom stereocenters. The van der Waals surface area contributed by atoms with Gasteiger partial charge in [0.25, 0.3) is 0 Å². The van der Waals surface area contributed by atoms with E-state index in [4.69, 9.17) is 10.6 Å². The van der Waals surface area contributed by atoms with Crippen molar-refractivity contribution in [3.8, 4) is 0 Å². The van der Waals surface area contributed by atoms with Gasteiger partial charge in [0.1, 0.15) is 0 Å². The highest BCUT2D eigenvalue weighted by molar-refractivity contribution is 5.40. The Morgan fingerprint density at radius 2 is 2.39 bits per heavy atom. The molecule has 100 valence electrons. The summed E-state index contributed by atoms with van der Waals surface area (Å²) in [6.07, 6.45) is 5.60. The van der Waals surface area contributed by atoms with Crippen LogP contribution in [0.5, 0.6) is 0 Å². The Bertz CT molecular complexity index is 384. The molecule has 0 bridgehead atoms. The van der Waals surface area contributed by atoms with Gasteiger partial charge in [-0.2, -0.15) is 4.98 Å². The van der Waals surface area contributed by atoms with E-state index < -0.39 is 5.82 Å². The first kappa shape index (κ1) is 13.0. The summed E-state index contributed by atoms with van der Waals surface area (Å²) in [6.45, 7) is 1.44. The summed E-state index contributed by atoms with van der Waals surface area (Å²) < 4.78 is 19.0. The molecule has 0 radical (unpaired) electrons. The first-order valence-electron chi connectivity index (χ1n) is 6.14. The van der Waals surface area contributed by atoms with E-state index in [2.05, 4.69) is 20.7 Å². The van der Waals surface area contributed by atoms with Crippen LogP contribution >= 0.6 is 0 Å². The van der Waals surface area contributed by atoms with E-state index in [0.29, 0.717) is 6.54 Å². The molecule has 4 N–H and O–H groups in total. The first-order valence-corrected chi connectivity index (χ1v) is 6.14. The van der Waals surface area contributed by atoms with Crippen molar-refractivity contribution >= 4 is 11.8 Å². The van der Waals surface area contributed by atoms with Crippen molar-refractivity contribution in [2.45, 2.75) is 31.8 Å². The molecule has 1 aliphatic rings. The zero-order valence-electron chi connectivity index (χ0n) is 10.2. The van der Waals surface area contributed by atoms with Gasteiger partial charge in [-0.05, 0) is 25.7 Å². The van der Waals surface area contributed by atoms with Crippen LogP contribution in [0.4, 0.5) is 16.2 Å². The number of hydrazine groups is 1. The molecule has 2 heterocycles. The Morgan fingerprint density at radius 3 is 3.11 bits per heavy atom. The molecule has 1 aliphatic heterocycles. The highest BCUT2D eigenvalue weighted by Crippen LogP contribution is 2.16. The number of hydrogen-bond donors (Lipinski definition) is 3. The molecule has 1 fully saturated rings. The average molecular weight is 255 g/mol. The van der Waals surface area contributed by atoms with Crippen molar-refractivity contribution in [1.82, 2.24) is 9.97 Å². The monoisotopic (exact) mass is 255 g/mol. The van der Waals surface area contributed by atoms with E-state index >= 15 is 0 Å². The summed E-state index contributed by atoms with van der Waals surface area (Å²) in [5, 5.41) is 2.93. The maximum absolute atomic E-state index is 13.4. The van der Waals surface area contributed by atoms with Gasteiger partial charge in [-0.15, -0.1) is 0 Å². The molecule has 0 amide bonds. The van der Waals surface area contributed by atoms with Gasteiger partial charge < -0.3 is 10.1 Å². The quantitative estimate of drug-likeness (QED) is 0.543.